The number of hydrogen-bond donors (Lipinski definition) is 1. The molecule has 0 saturated carbocycles. The second kappa shape index (κ2) is 4.97. The minimum Gasteiger partial charge on any atom is -0.440 e. The summed E-state index contributed by atoms with van der Waals surface area (Å²) in [5.41, 5.74) is 4.69. The third-order valence-electron chi connectivity index (χ3n) is 3.20. The molecule has 1 saturated heterocycles. The quantitative estimate of drug-likeness (QED) is 0.929. The van der Waals surface area contributed by atoms with Crippen LogP contribution in [0.2, 0.25) is 0 Å². The van der Waals surface area contributed by atoms with Crippen LogP contribution in [-0.2, 0) is 17.5 Å². The van der Waals surface area contributed by atoms with E-state index in [0.717, 1.165) is 12.1 Å². The Morgan fingerprint density at radius 1 is 1.35 bits per heavy atom. The fraction of sp³-hybridized carbons (Fsp3) is 0.462. The molecule has 0 spiro atoms. The van der Waals surface area contributed by atoms with Crippen LogP contribution in [0.25, 0.3) is 0 Å². The van der Waals surface area contributed by atoms with E-state index in [1.807, 2.05) is 0 Å². The van der Waals surface area contributed by atoms with Crippen LogP contribution in [0.4, 0.5) is 18.0 Å². The van der Waals surface area contributed by atoms with Crippen molar-refractivity contribution in [1.29, 1.82) is 0 Å². The highest BCUT2D eigenvalue weighted by molar-refractivity contribution is 5.70. The van der Waals surface area contributed by atoms with Gasteiger partial charge in [-0.1, -0.05) is 12.1 Å². The summed E-state index contributed by atoms with van der Waals surface area (Å²) in [7, 11) is 0. The Bertz CT molecular complexity index is 501. The van der Waals surface area contributed by atoms with Crippen molar-refractivity contribution < 1.29 is 22.7 Å². The van der Waals surface area contributed by atoms with Gasteiger partial charge in [0.1, 0.15) is 5.60 Å². The Balaban J connectivity index is 2.06. The first-order valence-electron chi connectivity index (χ1n) is 6.08. The van der Waals surface area contributed by atoms with Crippen LogP contribution in [0.5, 0.6) is 0 Å². The number of carbonyl (C=O) groups is 1. The summed E-state index contributed by atoms with van der Waals surface area (Å²) in [5, 5.41) is 0. The van der Waals surface area contributed by atoms with Crippen molar-refractivity contribution in [2.45, 2.75) is 25.2 Å². The number of rotatable bonds is 3. The van der Waals surface area contributed by atoms with Gasteiger partial charge in [-0.2, -0.15) is 13.2 Å². The third kappa shape index (κ3) is 3.04. The highest BCUT2D eigenvalue weighted by Gasteiger charge is 2.40. The molecule has 1 amide bonds. The molecular formula is C13H15F3N2O2. The molecule has 2 N–H and O–H groups in total. The number of alkyl halides is 3. The van der Waals surface area contributed by atoms with E-state index in [1.54, 1.807) is 6.92 Å². The van der Waals surface area contributed by atoms with Gasteiger partial charge in [-0.3, -0.25) is 4.90 Å². The van der Waals surface area contributed by atoms with E-state index in [0.29, 0.717) is 12.1 Å². The molecule has 0 aromatic heterocycles. The summed E-state index contributed by atoms with van der Waals surface area (Å²) in [4.78, 5) is 13.1. The lowest BCUT2D eigenvalue weighted by atomic mass is 10.1. The molecular weight excluding hydrogens is 273 g/mol. The van der Waals surface area contributed by atoms with Crippen molar-refractivity contribution in [3.8, 4) is 0 Å². The van der Waals surface area contributed by atoms with Crippen molar-refractivity contribution in [3.05, 3.63) is 35.4 Å². The number of hydrogen-bond acceptors (Lipinski definition) is 3. The van der Waals surface area contributed by atoms with E-state index in [9.17, 15) is 18.0 Å². The van der Waals surface area contributed by atoms with Gasteiger partial charge in [0.25, 0.3) is 0 Å². The zero-order valence-electron chi connectivity index (χ0n) is 10.9. The molecule has 110 valence electrons. The SMILES string of the molecule is CC1(CN)CN(Cc2ccc(C(F)(F)F)cc2)C(=O)O1. The minimum atomic E-state index is -4.36. The highest BCUT2D eigenvalue weighted by atomic mass is 19.4. The predicted molar refractivity (Wildman–Crippen MR) is 65.8 cm³/mol. The van der Waals surface area contributed by atoms with Gasteiger partial charge >= 0.3 is 12.3 Å². The molecule has 2 rings (SSSR count). The maximum absolute atomic E-state index is 12.4. The number of benzene rings is 1. The predicted octanol–water partition coefficient (Wildman–Crippen LogP) is 2.38. The van der Waals surface area contributed by atoms with Crippen LogP contribution in [0.3, 0.4) is 0 Å². The number of nitrogens with zero attached hydrogens (tertiary/aromatic N) is 1. The van der Waals surface area contributed by atoms with E-state index in [1.165, 1.54) is 17.0 Å². The first-order valence-corrected chi connectivity index (χ1v) is 6.08. The Morgan fingerprint density at radius 2 is 1.95 bits per heavy atom. The number of carbonyl (C=O) groups excluding carboxylic acids is 1. The fourth-order valence-electron chi connectivity index (χ4n) is 2.02. The van der Waals surface area contributed by atoms with Crippen LogP contribution in [0.1, 0.15) is 18.1 Å². The van der Waals surface area contributed by atoms with E-state index < -0.39 is 23.4 Å². The molecule has 1 fully saturated rings. The number of cyclic esters (lactones) is 1. The largest absolute Gasteiger partial charge is 0.440 e. The summed E-state index contributed by atoms with van der Waals surface area (Å²) in [6, 6.07) is 4.71. The minimum absolute atomic E-state index is 0.197. The highest BCUT2D eigenvalue weighted by Crippen LogP contribution is 2.29. The van der Waals surface area contributed by atoms with Crippen LogP contribution in [0.15, 0.2) is 24.3 Å². The molecule has 1 aliphatic rings. The van der Waals surface area contributed by atoms with E-state index in [-0.39, 0.29) is 13.1 Å². The van der Waals surface area contributed by atoms with Gasteiger partial charge in [0.15, 0.2) is 0 Å². The van der Waals surface area contributed by atoms with Gasteiger partial charge in [0.2, 0.25) is 0 Å². The van der Waals surface area contributed by atoms with Crippen molar-refractivity contribution in [2.75, 3.05) is 13.1 Å². The van der Waals surface area contributed by atoms with E-state index in [4.69, 9.17) is 10.5 Å². The summed E-state index contributed by atoms with van der Waals surface area (Å²) < 4.78 is 42.4. The Kier molecular flexibility index (Phi) is 3.64. The first-order chi connectivity index (χ1) is 9.23. The van der Waals surface area contributed by atoms with Crippen LogP contribution < -0.4 is 5.73 Å². The molecule has 1 atom stereocenters. The average Bonchev–Trinajstić information content (AvgIpc) is 2.65. The van der Waals surface area contributed by atoms with E-state index >= 15 is 0 Å². The molecule has 1 aromatic rings. The zero-order valence-corrected chi connectivity index (χ0v) is 10.9. The summed E-state index contributed by atoms with van der Waals surface area (Å²) in [6.45, 7) is 2.44. The van der Waals surface area contributed by atoms with Crippen molar-refractivity contribution in [1.82, 2.24) is 4.90 Å². The summed E-state index contributed by atoms with van der Waals surface area (Å²) in [5.74, 6) is 0. The lowest BCUT2D eigenvalue weighted by Crippen LogP contribution is -2.38. The lowest BCUT2D eigenvalue weighted by molar-refractivity contribution is -0.137. The van der Waals surface area contributed by atoms with Crippen molar-refractivity contribution in [3.63, 3.8) is 0 Å². The molecule has 1 aromatic carbocycles. The molecule has 1 heterocycles. The molecule has 4 nitrogen and oxygen atoms in total. The van der Waals surface area contributed by atoms with Crippen LogP contribution in [-0.4, -0.2) is 29.7 Å². The third-order valence-corrected chi connectivity index (χ3v) is 3.20. The first kappa shape index (κ1) is 14.6. The number of halogens is 3. The monoisotopic (exact) mass is 288 g/mol. The van der Waals surface area contributed by atoms with Gasteiger partial charge in [-0.15, -0.1) is 0 Å². The molecule has 20 heavy (non-hydrogen) atoms. The van der Waals surface area contributed by atoms with Crippen LogP contribution in [0, 0.1) is 0 Å². The topological polar surface area (TPSA) is 55.6 Å². The second-order valence-corrected chi connectivity index (χ2v) is 5.07. The molecule has 1 unspecified atom stereocenters. The number of ether oxygens (including phenoxy) is 1. The smallest absolute Gasteiger partial charge is 0.416 e. The maximum atomic E-state index is 12.4. The van der Waals surface area contributed by atoms with E-state index in [2.05, 4.69) is 0 Å². The normalized spacial score (nSPS) is 23.1. The van der Waals surface area contributed by atoms with Gasteiger partial charge in [-0.25, -0.2) is 4.79 Å². The lowest BCUT2D eigenvalue weighted by Gasteiger charge is -2.19. The Labute approximate surface area is 114 Å². The Hall–Kier alpha value is -1.76. The van der Waals surface area contributed by atoms with Crippen molar-refractivity contribution >= 4 is 6.09 Å². The summed E-state index contributed by atoms with van der Waals surface area (Å²) in [6.07, 6.45) is -4.86. The molecule has 0 radical (unpaired) electrons. The van der Waals surface area contributed by atoms with Gasteiger partial charge in [-0.05, 0) is 24.6 Å². The second-order valence-electron chi connectivity index (χ2n) is 5.07. The zero-order chi connectivity index (χ0) is 15.0. The average molecular weight is 288 g/mol. The molecule has 1 aliphatic heterocycles. The van der Waals surface area contributed by atoms with Gasteiger partial charge < -0.3 is 10.5 Å². The molecule has 0 bridgehead atoms. The fourth-order valence-corrected chi connectivity index (χ4v) is 2.02. The summed E-state index contributed by atoms with van der Waals surface area (Å²) >= 11 is 0. The molecule has 7 heteroatoms. The number of nitrogens with two attached hydrogens (primary N) is 1. The standard InChI is InChI=1S/C13H15F3N2O2/c1-12(7-17)8-18(11(19)20-12)6-9-2-4-10(5-3-9)13(14,15)16/h2-5H,6-8,17H2,1H3. The van der Waals surface area contributed by atoms with Crippen LogP contribution >= 0.6 is 0 Å². The maximum Gasteiger partial charge on any atom is 0.416 e. The van der Waals surface area contributed by atoms with Gasteiger partial charge in [0, 0.05) is 13.1 Å². The molecule has 0 aliphatic carbocycles. The van der Waals surface area contributed by atoms with Crippen molar-refractivity contribution in [2.24, 2.45) is 5.73 Å². The van der Waals surface area contributed by atoms with Gasteiger partial charge in [0.05, 0.1) is 12.1 Å². The number of amides is 1. The Morgan fingerprint density at radius 3 is 2.40 bits per heavy atom.